The van der Waals surface area contributed by atoms with Crippen LogP contribution in [0.5, 0.6) is 0 Å². The van der Waals surface area contributed by atoms with Gasteiger partial charge in [0.05, 0.1) is 0 Å². The Morgan fingerprint density at radius 3 is 2.11 bits per heavy atom. The van der Waals surface area contributed by atoms with Gasteiger partial charge in [0.25, 0.3) is 0 Å². The van der Waals surface area contributed by atoms with Gasteiger partial charge < -0.3 is 5.11 Å². The first-order valence-electron chi connectivity index (χ1n) is 11.3. The van der Waals surface area contributed by atoms with Crippen LogP contribution >= 0.6 is 22.6 Å². The highest BCUT2D eigenvalue weighted by Crippen LogP contribution is 2.43. The normalized spacial score (nSPS) is 20.5. The van der Waals surface area contributed by atoms with Crippen molar-refractivity contribution in [2.24, 2.45) is 17.8 Å². The summed E-state index contributed by atoms with van der Waals surface area (Å²) in [6.07, 6.45) is 14.8. The summed E-state index contributed by atoms with van der Waals surface area (Å²) in [5.41, 5.74) is 2.07. The maximum absolute atomic E-state index is 14.5. The smallest absolute Gasteiger partial charge is 0.130 e. The van der Waals surface area contributed by atoms with Crippen molar-refractivity contribution in [3.8, 4) is 0 Å². The number of aryl methyl sites for hydroxylation is 1. The van der Waals surface area contributed by atoms with Crippen LogP contribution in [0.3, 0.4) is 0 Å². The van der Waals surface area contributed by atoms with Gasteiger partial charge in [-0.2, -0.15) is 0 Å². The first kappa shape index (κ1) is 22.3. The average Bonchev–Trinajstić information content (AvgIpc) is 2.68. The number of halogens is 2. The van der Waals surface area contributed by atoms with Gasteiger partial charge in [-0.15, -0.1) is 0 Å². The Bertz CT molecular complexity index is 618. The van der Waals surface area contributed by atoms with Crippen molar-refractivity contribution in [2.45, 2.75) is 90.1 Å². The minimum absolute atomic E-state index is 0.311. The summed E-state index contributed by atoms with van der Waals surface area (Å²) in [6.45, 7) is 6.06. The van der Waals surface area contributed by atoms with E-state index in [0.717, 1.165) is 45.3 Å². The number of aliphatic hydroxyl groups is 1. The molecule has 2 aliphatic carbocycles. The first-order valence-corrected chi connectivity index (χ1v) is 12.4. The molecule has 1 atom stereocenters. The van der Waals surface area contributed by atoms with Gasteiger partial charge in [-0.3, -0.25) is 0 Å². The van der Waals surface area contributed by atoms with Gasteiger partial charge in [-0.1, -0.05) is 70.8 Å². The number of hydrogen-bond donors (Lipinski definition) is 1. The second-order valence-electron chi connectivity index (χ2n) is 9.20. The van der Waals surface area contributed by atoms with Crippen molar-refractivity contribution in [1.29, 1.82) is 0 Å². The van der Waals surface area contributed by atoms with E-state index < -0.39 is 6.10 Å². The van der Waals surface area contributed by atoms with Crippen LogP contribution in [0.4, 0.5) is 4.39 Å². The third-order valence-electron chi connectivity index (χ3n) is 7.19. The molecule has 0 bridgehead atoms. The molecule has 2 aliphatic rings. The molecule has 0 spiro atoms. The van der Waals surface area contributed by atoms with E-state index in [4.69, 9.17) is 0 Å². The summed E-state index contributed by atoms with van der Waals surface area (Å²) in [4.78, 5) is 0. The molecular formula is C25H36FIO. The minimum Gasteiger partial charge on any atom is -0.384 e. The summed E-state index contributed by atoms with van der Waals surface area (Å²) in [5.74, 6) is 2.14. The summed E-state index contributed by atoms with van der Waals surface area (Å²) in [5, 5.41) is 10.8. The molecule has 0 aliphatic heterocycles. The predicted octanol–water partition coefficient (Wildman–Crippen LogP) is 7.89. The van der Waals surface area contributed by atoms with E-state index in [1.54, 1.807) is 0 Å². The average molecular weight is 498 g/mol. The van der Waals surface area contributed by atoms with Crippen LogP contribution in [0.25, 0.3) is 0 Å². The zero-order valence-corrected chi connectivity index (χ0v) is 19.5. The van der Waals surface area contributed by atoms with E-state index in [1.165, 1.54) is 70.3 Å². The maximum atomic E-state index is 14.5. The highest BCUT2D eigenvalue weighted by atomic mass is 127. The van der Waals surface area contributed by atoms with Crippen molar-refractivity contribution in [3.05, 3.63) is 44.8 Å². The van der Waals surface area contributed by atoms with Crippen molar-refractivity contribution < 1.29 is 9.50 Å². The van der Waals surface area contributed by atoms with E-state index in [0.29, 0.717) is 5.56 Å². The molecule has 0 aromatic heterocycles. The van der Waals surface area contributed by atoms with E-state index >= 15 is 0 Å². The van der Waals surface area contributed by atoms with Gasteiger partial charge in [0.15, 0.2) is 0 Å². The molecular weight excluding hydrogens is 462 g/mol. The van der Waals surface area contributed by atoms with E-state index in [2.05, 4.69) is 29.2 Å². The highest BCUT2D eigenvalue weighted by molar-refractivity contribution is 14.1. The van der Waals surface area contributed by atoms with Crippen LogP contribution in [-0.2, 0) is 0 Å². The lowest BCUT2D eigenvalue weighted by atomic mass is 9.67. The Morgan fingerprint density at radius 2 is 1.61 bits per heavy atom. The van der Waals surface area contributed by atoms with Crippen LogP contribution in [0.1, 0.15) is 94.3 Å². The Balaban J connectivity index is 1.67. The minimum atomic E-state index is -0.897. The number of aliphatic hydroxyl groups excluding tert-OH is 1. The Labute approximate surface area is 184 Å². The van der Waals surface area contributed by atoms with Crippen molar-refractivity contribution in [2.75, 3.05) is 0 Å². The summed E-state index contributed by atoms with van der Waals surface area (Å²) < 4.78 is 15.3. The van der Waals surface area contributed by atoms with Crippen LogP contribution in [0.2, 0.25) is 0 Å². The fraction of sp³-hybridized carbons (Fsp3) is 0.680. The Kier molecular flexibility index (Phi) is 8.40. The quantitative estimate of drug-likeness (QED) is 0.300. The van der Waals surface area contributed by atoms with Gasteiger partial charge in [0, 0.05) is 9.13 Å². The Morgan fingerprint density at radius 1 is 1.07 bits per heavy atom. The second kappa shape index (κ2) is 10.6. The summed E-state index contributed by atoms with van der Waals surface area (Å²) >= 11 is 2.13. The summed E-state index contributed by atoms with van der Waals surface area (Å²) in [6, 6.07) is 3.45. The molecule has 2 saturated carbocycles. The molecule has 0 saturated heterocycles. The van der Waals surface area contributed by atoms with Gasteiger partial charge >= 0.3 is 0 Å². The molecule has 0 heterocycles. The molecule has 1 aromatic carbocycles. The second-order valence-corrected chi connectivity index (χ2v) is 10.4. The third-order valence-corrected chi connectivity index (χ3v) is 8.09. The fourth-order valence-corrected chi connectivity index (χ4v) is 6.69. The molecule has 156 valence electrons. The zero-order valence-electron chi connectivity index (χ0n) is 17.4. The lowest BCUT2D eigenvalue weighted by Crippen LogP contribution is -2.27. The molecule has 28 heavy (non-hydrogen) atoms. The van der Waals surface area contributed by atoms with E-state index in [9.17, 15) is 9.50 Å². The predicted molar refractivity (Wildman–Crippen MR) is 124 cm³/mol. The third kappa shape index (κ3) is 5.59. The van der Waals surface area contributed by atoms with Crippen molar-refractivity contribution >= 4 is 22.6 Å². The molecule has 3 heteroatoms. The topological polar surface area (TPSA) is 20.2 Å². The van der Waals surface area contributed by atoms with Crippen LogP contribution in [-0.4, -0.2) is 5.11 Å². The number of hydrogen-bond acceptors (Lipinski definition) is 1. The van der Waals surface area contributed by atoms with Crippen molar-refractivity contribution in [1.82, 2.24) is 0 Å². The van der Waals surface area contributed by atoms with Crippen molar-refractivity contribution in [3.63, 3.8) is 0 Å². The zero-order chi connectivity index (χ0) is 20.1. The SMILES string of the molecule is C=C(CCC(C1CCCCC1)C1CCCCC1)C(O)c1c(F)cc(C)cc1I. The monoisotopic (exact) mass is 498 g/mol. The molecule has 0 radical (unpaired) electrons. The molecule has 1 aromatic rings. The Hall–Kier alpha value is -0.420. The number of rotatable bonds is 7. The van der Waals surface area contributed by atoms with Gasteiger partial charge in [-0.25, -0.2) is 4.39 Å². The maximum Gasteiger partial charge on any atom is 0.130 e. The standard InChI is InChI=1S/C25H36FIO/c1-17-15-22(26)24(23(27)16-17)25(28)18(2)13-14-21(19-9-5-3-6-10-19)20-11-7-4-8-12-20/h15-16,19-21,25,28H,2-14H2,1H3. The fourth-order valence-electron chi connectivity index (χ4n) is 5.65. The van der Waals surface area contributed by atoms with E-state index in [-0.39, 0.29) is 5.82 Å². The molecule has 2 fully saturated rings. The van der Waals surface area contributed by atoms with Gasteiger partial charge in [0.2, 0.25) is 0 Å². The molecule has 0 amide bonds. The lowest BCUT2D eigenvalue weighted by Gasteiger charge is -2.38. The van der Waals surface area contributed by atoms with Crippen LogP contribution in [0.15, 0.2) is 24.3 Å². The van der Waals surface area contributed by atoms with Crippen LogP contribution in [0, 0.1) is 34.1 Å². The molecule has 1 unspecified atom stereocenters. The molecule has 1 nitrogen and oxygen atoms in total. The lowest BCUT2D eigenvalue weighted by molar-refractivity contribution is 0.131. The number of benzene rings is 1. The van der Waals surface area contributed by atoms with Gasteiger partial charge in [-0.05, 0) is 83.4 Å². The van der Waals surface area contributed by atoms with Gasteiger partial charge in [0.1, 0.15) is 11.9 Å². The summed E-state index contributed by atoms with van der Waals surface area (Å²) in [7, 11) is 0. The van der Waals surface area contributed by atoms with E-state index in [1.807, 2.05) is 13.0 Å². The van der Waals surface area contributed by atoms with Crippen LogP contribution < -0.4 is 0 Å². The largest absolute Gasteiger partial charge is 0.384 e. The highest BCUT2D eigenvalue weighted by Gasteiger charge is 2.31. The molecule has 3 rings (SSSR count). The first-order chi connectivity index (χ1) is 13.5. The molecule has 1 N–H and O–H groups in total.